The Morgan fingerprint density at radius 2 is 2.50 bits per heavy atom. The maximum Gasteiger partial charge on any atom is 0.120 e. The molecule has 44 valence electrons. The first-order valence-corrected chi connectivity index (χ1v) is 2.61. The molecule has 0 aromatic carbocycles. The van der Waals surface area contributed by atoms with E-state index >= 15 is 0 Å². The highest BCUT2D eigenvalue weighted by molar-refractivity contribution is 5.50. The van der Waals surface area contributed by atoms with Crippen LogP contribution in [0.4, 0.5) is 0 Å². The summed E-state index contributed by atoms with van der Waals surface area (Å²) >= 11 is 0. The normalized spacial score (nSPS) is 11.6. The number of rotatable bonds is 3. The van der Waals surface area contributed by atoms with Crippen LogP contribution in [0.3, 0.4) is 0 Å². The molecule has 8 heavy (non-hydrogen) atoms. The molecule has 1 atom stereocenters. The van der Waals surface area contributed by atoms with Gasteiger partial charge >= 0.3 is 0 Å². The number of aldehydes is 1. The van der Waals surface area contributed by atoms with Gasteiger partial charge < -0.3 is 4.79 Å². The van der Waals surface area contributed by atoms with E-state index in [9.17, 15) is 4.79 Å². The summed E-state index contributed by atoms with van der Waals surface area (Å²) in [6, 6.07) is 0. The molecule has 0 fully saturated rings. The summed E-state index contributed by atoms with van der Waals surface area (Å²) in [6.07, 6.45) is 3.26. The second-order valence-corrected chi connectivity index (χ2v) is 1.75. The third-order valence-electron chi connectivity index (χ3n) is 0.870. The average Bonchev–Trinajstić information content (AvgIpc) is 1.68. The van der Waals surface area contributed by atoms with Crippen LogP contribution in [0, 0.1) is 5.92 Å². The molecule has 0 amide bonds. The van der Waals surface area contributed by atoms with Gasteiger partial charge in [-0.2, -0.15) is 0 Å². The Kier molecular flexibility index (Phi) is 3.91. The molecule has 0 radical (unpaired) electrons. The van der Waals surface area contributed by atoms with Gasteiger partial charge in [0.2, 0.25) is 0 Å². The Bertz CT molecular complexity index is 110. The van der Waals surface area contributed by atoms with Crippen molar-refractivity contribution in [2.45, 2.75) is 13.3 Å². The van der Waals surface area contributed by atoms with E-state index < -0.39 is 0 Å². The molecule has 0 saturated carbocycles. The van der Waals surface area contributed by atoms with Crippen molar-refractivity contribution >= 4 is 6.29 Å². The van der Waals surface area contributed by atoms with Crippen molar-refractivity contribution in [3.63, 3.8) is 0 Å². The maximum absolute atomic E-state index is 9.82. The molecule has 0 aliphatic carbocycles. The topological polar surface area (TPSA) is 17.1 Å². The smallest absolute Gasteiger partial charge is 0.120 e. The lowest BCUT2D eigenvalue weighted by Gasteiger charge is -1.92. The van der Waals surface area contributed by atoms with Crippen molar-refractivity contribution in [2.24, 2.45) is 5.92 Å². The fourth-order valence-corrected chi connectivity index (χ4v) is 0.421. The van der Waals surface area contributed by atoms with Crippen LogP contribution in [0.15, 0.2) is 18.4 Å². The Morgan fingerprint density at radius 3 is 2.88 bits per heavy atom. The molecule has 1 unspecified atom stereocenters. The highest BCUT2D eigenvalue weighted by Gasteiger charge is 1.90. The van der Waals surface area contributed by atoms with Crippen molar-refractivity contribution in [3.05, 3.63) is 18.4 Å². The van der Waals surface area contributed by atoms with E-state index in [1.165, 1.54) is 0 Å². The van der Waals surface area contributed by atoms with Crippen LogP contribution in [0.2, 0.25) is 0 Å². The van der Waals surface area contributed by atoms with E-state index in [0.29, 0.717) is 12.3 Å². The first-order chi connectivity index (χ1) is 3.81. The van der Waals surface area contributed by atoms with Crippen LogP contribution in [-0.4, -0.2) is 6.29 Å². The molecule has 0 aliphatic heterocycles. The minimum absolute atomic E-state index is 0.296. The average molecular weight is 110 g/mol. The fraction of sp³-hybridized carbons (Fsp3) is 0.429. The predicted octanol–water partition coefficient (Wildman–Crippen LogP) is 1.55. The minimum Gasteiger partial charge on any atom is -0.303 e. The van der Waals surface area contributed by atoms with E-state index in [2.05, 4.69) is 12.3 Å². The van der Waals surface area contributed by atoms with Gasteiger partial charge in [0.1, 0.15) is 6.29 Å². The van der Waals surface area contributed by atoms with Crippen molar-refractivity contribution in [2.75, 3.05) is 0 Å². The van der Waals surface area contributed by atoms with E-state index in [0.717, 1.165) is 6.29 Å². The Balaban J connectivity index is 3.46. The molecule has 0 N–H and O–H groups in total. The number of hydrogen-bond acceptors (Lipinski definition) is 1. The van der Waals surface area contributed by atoms with E-state index in [-0.39, 0.29) is 0 Å². The molecule has 1 nitrogen and oxygen atoms in total. The summed E-state index contributed by atoms with van der Waals surface area (Å²) in [5.41, 5.74) is 2.62. The molecule has 0 saturated heterocycles. The van der Waals surface area contributed by atoms with Gasteiger partial charge in [0, 0.05) is 6.42 Å². The minimum atomic E-state index is 0.296. The Hall–Kier alpha value is -0.810. The zero-order chi connectivity index (χ0) is 6.41. The van der Waals surface area contributed by atoms with Gasteiger partial charge in [0.15, 0.2) is 0 Å². The lowest BCUT2D eigenvalue weighted by atomic mass is 10.1. The second kappa shape index (κ2) is 4.35. The van der Waals surface area contributed by atoms with Crippen molar-refractivity contribution < 1.29 is 4.79 Å². The van der Waals surface area contributed by atoms with Gasteiger partial charge in [-0.1, -0.05) is 13.5 Å². The molecule has 0 rings (SSSR count). The number of carbonyl (C=O) groups is 1. The standard InChI is InChI=1S/C7H10O/c1-3-4-7(2)5-6-8/h4,6-7H,1,5H2,2H3. The second-order valence-electron chi connectivity index (χ2n) is 1.75. The number of carbonyl (C=O) groups excluding carboxylic acids is 1. The van der Waals surface area contributed by atoms with Crippen LogP contribution >= 0.6 is 0 Å². The molecule has 0 aromatic rings. The van der Waals surface area contributed by atoms with Crippen LogP contribution in [-0.2, 0) is 4.79 Å². The third-order valence-corrected chi connectivity index (χ3v) is 0.870. The number of allylic oxidation sites excluding steroid dienone is 1. The van der Waals surface area contributed by atoms with Gasteiger partial charge in [-0.05, 0) is 12.0 Å². The Morgan fingerprint density at radius 1 is 1.88 bits per heavy atom. The molecule has 0 aliphatic rings. The third kappa shape index (κ3) is 3.38. The van der Waals surface area contributed by atoms with Gasteiger partial charge in [-0.3, -0.25) is 0 Å². The summed E-state index contributed by atoms with van der Waals surface area (Å²) in [7, 11) is 0. The summed E-state index contributed by atoms with van der Waals surface area (Å²) in [4.78, 5) is 9.82. The quantitative estimate of drug-likeness (QED) is 0.398. The van der Waals surface area contributed by atoms with E-state index in [4.69, 9.17) is 0 Å². The highest BCUT2D eigenvalue weighted by Crippen LogP contribution is 1.97. The van der Waals surface area contributed by atoms with Crippen molar-refractivity contribution in [1.29, 1.82) is 0 Å². The molecule has 0 aromatic heterocycles. The van der Waals surface area contributed by atoms with Gasteiger partial charge in [-0.25, -0.2) is 0 Å². The zero-order valence-electron chi connectivity index (χ0n) is 5.05. The molecular formula is C7H10O. The first kappa shape index (κ1) is 7.19. The monoisotopic (exact) mass is 110 g/mol. The highest BCUT2D eigenvalue weighted by atomic mass is 16.1. The van der Waals surface area contributed by atoms with Crippen LogP contribution in [0.5, 0.6) is 0 Å². The number of hydrogen-bond donors (Lipinski definition) is 0. The predicted molar refractivity (Wildman–Crippen MR) is 33.6 cm³/mol. The van der Waals surface area contributed by atoms with Gasteiger partial charge in [-0.15, -0.1) is 5.73 Å². The first-order valence-electron chi connectivity index (χ1n) is 2.61. The van der Waals surface area contributed by atoms with Crippen LogP contribution < -0.4 is 0 Å². The summed E-state index contributed by atoms with van der Waals surface area (Å²) < 4.78 is 0. The molecule has 0 heterocycles. The molecule has 1 heteroatoms. The van der Waals surface area contributed by atoms with Crippen molar-refractivity contribution in [3.8, 4) is 0 Å². The lowest BCUT2D eigenvalue weighted by Crippen LogP contribution is -1.87. The SMILES string of the molecule is C=C=CC(C)CC=O. The molecular weight excluding hydrogens is 100 g/mol. The van der Waals surface area contributed by atoms with E-state index in [1.807, 2.05) is 6.92 Å². The lowest BCUT2D eigenvalue weighted by molar-refractivity contribution is -0.108. The van der Waals surface area contributed by atoms with Crippen LogP contribution in [0.1, 0.15) is 13.3 Å². The van der Waals surface area contributed by atoms with Crippen molar-refractivity contribution in [1.82, 2.24) is 0 Å². The Labute approximate surface area is 49.7 Å². The largest absolute Gasteiger partial charge is 0.303 e. The summed E-state index contributed by atoms with van der Waals surface area (Å²) in [6.45, 7) is 5.34. The van der Waals surface area contributed by atoms with Crippen LogP contribution in [0.25, 0.3) is 0 Å². The fourth-order valence-electron chi connectivity index (χ4n) is 0.421. The molecule has 0 bridgehead atoms. The summed E-state index contributed by atoms with van der Waals surface area (Å²) in [5, 5.41) is 0. The van der Waals surface area contributed by atoms with Gasteiger partial charge in [0.05, 0.1) is 0 Å². The summed E-state index contributed by atoms with van der Waals surface area (Å²) in [5.74, 6) is 0.296. The maximum atomic E-state index is 9.82. The van der Waals surface area contributed by atoms with Gasteiger partial charge in [0.25, 0.3) is 0 Å². The zero-order valence-corrected chi connectivity index (χ0v) is 5.05. The molecule has 0 spiro atoms. The van der Waals surface area contributed by atoms with E-state index in [1.54, 1.807) is 6.08 Å².